The van der Waals surface area contributed by atoms with Crippen LogP contribution < -0.4 is 48.5 Å². The maximum absolute atomic E-state index is 13.6. The van der Waals surface area contributed by atoms with Gasteiger partial charge in [-0.3, -0.25) is 10.6 Å². The number of ether oxygens (including phenoxy) is 12. The molecule has 0 radical (unpaired) electrons. The van der Waals surface area contributed by atoms with E-state index in [9.17, 15) is 9.59 Å². The van der Waals surface area contributed by atoms with E-state index in [-0.39, 0.29) is 25.4 Å². The third-order valence-electron chi connectivity index (χ3n) is 10.1. The number of para-hydroxylation sites is 4. The van der Waals surface area contributed by atoms with Crippen LogP contribution in [-0.4, -0.2) is 106 Å². The maximum atomic E-state index is 13.6. The van der Waals surface area contributed by atoms with Gasteiger partial charge in [-0.15, -0.1) is 0 Å². The van der Waals surface area contributed by atoms with Crippen molar-refractivity contribution < 1.29 is 66.4 Å². The molecule has 4 unspecified atom stereocenters. The molecule has 0 spiro atoms. The molecule has 0 amide bonds. The SMILES string of the molecule is CCOc1ccccc1OCC(NCCCC(OCC)c1ccc(OC)c(OC)c1)OC(=O)C(=O)OC(COc1ccccc1OCC)NCCCC(OCC)c1ccc(OC)c(OC)c1. The minimum absolute atomic E-state index is 0.145. The number of hydrogen-bond donors (Lipinski definition) is 2. The second-order valence-corrected chi connectivity index (χ2v) is 14.5. The fourth-order valence-electron chi connectivity index (χ4n) is 6.95. The van der Waals surface area contributed by atoms with Gasteiger partial charge in [-0.2, -0.15) is 0 Å². The van der Waals surface area contributed by atoms with Crippen molar-refractivity contribution in [3.63, 3.8) is 0 Å². The quantitative estimate of drug-likeness (QED) is 0.0209. The van der Waals surface area contributed by atoms with Gasteiger partial charge in [-0.05, 0) is 126 Å². The van der Waals surface area contributed by atoms with Crippen molar-refractivity contribution >= 4 is 11.9 Å². The fourth-order valence-corrected chi connectivity index (χ4v) is 6.95. The highest BCUT2D eigenvalue weighted by molar-refractivity contribution is 6.29. The Hall–Kier alpha value is -5.94. The Bertz CT molecular complexity index is 1890. The first-order chi connectivity index (χ1) is 32.2. The van der Waals surface area contributed by atoms with Crippen LogP contribution >= 0.6 is 0 Å². The number of hydrogen-bond acceptors (Lipinski definition) is 16. The van der Waals surface area contributed by atoms with Gasteiger partial charge >= 0.3 is 11.9 Å². The van der Waals surface area contributed by atoms with Gasteiger partial charge < -0.3 is 56.8 Å². The van der Waals surface area contributed by atoms with E-state index in [1.807, 2.05) is 76.2 Å². The van der Waals surface area contributed by atoms with Crippen LogP contribution in [0.2, 0.25) is 0 Å². The van der Waals surface area contributed by atoms with Gasteiger partial charge in [0.25, 0.3) is 0 Å². The summed E-state index contributed by atoms with van der Waals surface area (Å²) in [4.78, 5) is 27.1. The highest BCUT2D eigenvalue weighted by atomic mass is 16.6. The second kappa shape index (κ2) is 29.6. The molecule has 0 saturated carbocycles. The van der Waals surface area contributed by atoms with Gasteiger partial charge in [0.05, 0.1) is 53.9 Å². The van der Waals surface area contributed by atoms with E-state index in [4.69, 9.17) is 56.8 Å². The smallest absolute Gasteiger partial charge is 0.419 e. The van der Waals surface area contributed by atoms with Crippen molar-refractivity contribution in [2.24, 2.45) is 0 Å². The minimum atomic E-state index is -1.22. The zero-order valence-electron chi connectivity index (χ0n) is 39.6. The molecular formula is C50H68N2O14. The normalized spacial score (nSPS) is 12.8. The summed E-state index contributed by atoms with van der Waals surface area (Å²) < 4.78 is 69.2. The van der Waals surface area contributed by atoms with Gasteiger partial charge in [0.15, 0.2) is 58.5 Å². The first kappa shape index (κ1) is 52.7. The lowest BCUT2D eigenvalue weighted by Gasteiger charge is -2.23. The summed E-state index contributed by atoms with van der Waals surface area (Å²) in [6, 6.07) is 25.7. The van der Waals surface area contributed by atoms with Crippen LogP contribution in [-0.2, 0) is 28.5 Å². The van der Waals surface area contributed by atoms with Gasteiger partial charge in [-0.1, -0.05) is 36.4 Å². The lowest BCUT2D eigenvalue weighted by atomic mass is 10.0. The van der Waals surface area contributed by atoms with E-state index in [2.05, 4.69) is 10.6 Å². The van der Waals surface area contributed by atoms with Gasteiger partial charge in [-0.25, -0.2) is 9.59 Å². The van der Waals surface area contributed by atoms with E-state index >= 15 is 0 Å². The predicted octanol–water partition coefficient (Wildman–Crippen LogP) is 8.01. The van der Waals surface area contributed by atoms with Crippen LogP contribution in [0.1, 0.15) is 76.7 Å². The lowest BCUT2D eigenvalue weighted by Crippen LogP contribution is -2.44. The van der Waals surface area contributed by atoms with Gasteiger partial charge in [0.2, 0.25) is 0 Å². The van der Waals surface area contributed by atoms with Crippen molar-refractivity contribution in [3.8, 4) is 46.0 Å². The average molecular weight is 921 g/mol. The second-order valence-electron chi connectivity index (χ2n) is 14.5. The Labute approximate surface area is 389 Å². The molecule has 0 fully saturated rings. The Morgan fingerprint density at radius 3 is 1.15 bits per heavy atom. The van der Waals surface area contributed by atoms with Crippen LogP contribution in [0.5, 0.6) is 46.0 Å². The zero-order valence-corrected chi connectivity index (χ0v) is 39.6. The molecule has 0 saturated heterocycles. The molecule has 4 atom stereocenters. The molecule has 0 bridgehead atoms. The van der Waals surface area contributed by atoms with E-state index in [1.165, 1.54) is 0 Å². The first-order valence-corrected chi connectivity index (χ1v) is 22.5. The summed E-state index contributed by atoms with van der Waals surface area (Å²) >= 11 is 0. The summed E-state index contributed by atoms with van der Waals surface area (Å²) in [5.74, 6) is 1.92. The van der Waals surface area contributed by atoms with Crippen molar-refractivity contribution in [2.45, 2.75) is 78.0 Å². The molecule has 4 aromatic carbocycles. The standard InChI is InChI=1S/C50H68N2O14/c1-9-59-37(35-25-27-39(55-5)45(31-35)57-7)23-17-29-51-47(33-63-43-21-15-13-19-41(43)61-11-3)65-49(53)50(54)66-48(34-64-44-22-16-14-20-42(44)62-12-4)52-30-18-24-38(60-10-2)36-26-28-40(56-6)46(32-36)58-8/h13-16,19-22,25-28,31-32,37-38,47-48,51-52H,9-12,17-18,23-24,29-30,33-34H2,1-8H3. The summed E-state index contributed by atoms with van der Waals surface area (Å²) in [5.41, 5.74) is 1.85. The Balaban J connectivity index is 1.46. The molecule has 0 heterocycles. The maximum Gasteiger partial charge on any atom is 0.419 e. The van der Waals surface area contributed by atoms with Gasteiger partial charge in [0, 0.05) is 13.2 Å². The number of esters is 2. The first-order valence-electron chi connectivity index (χ1n) is 22.5. The molecule has 4 aromatic rings. The number of carbonyl (C=O) groups is 2. The highest BCUT2D eigenvalue weighted by Crippen LogP contribution is 2.34. The molecule has 16 nitrogen and oxygen atoms in total. The third kappa shape index (κ3) is 16.8. The molecule has 2 N–H and O–H groups in total. The molecule has 4 rings (SSSR count). The van der Waals surface area contributed by atoms with Crippen molar-refractivity contribution in [1.82, 2.24) is 10.6 Å². The van der Waals surface area contributed by atoms with Crippen LogP contribution in [0, 0.1) is 0 Å². The molecule has 16 heteroatoms. The van der Waals surface area contributed by atoms with Crippen molar-refractivity contribution in [3.05, 3.63) is 96.1 Å². The molecule has 0 aliphatic carbocycles. The van der Waals surface area contributed by atoms with E-state index in [0.717, 1.165) is 11.1 Å². The van der Waals surface area contributed by atoms with Crippen LogP contribution in [0.15, 0.2) is 84.9 Å². The third-order valence-corrected chi connectivity index (χ3v) is 10.1. The van der Waals surface area contributed by atoms with Crippen LogP contribution in [0.3, 0.4) is 0 Å². The predicted molar refractivity (Wildman–Crippen MR) is 248 cm³/mol. The zero-order chi connectivity index (χ0) is 47.5. The Morgan fingerprint density at radius 2 is 0.818 bits per heavy atom. The summed E-state index contributed by atoms with van der Waals surface area (Å²) in [6.07, 6.45) is -0.154. The number of rotatable bonds is 32. The van der Waals surface area contributed by atoms with E-state index in [0.29, 0.717) is 111 Å². The summed E-state index contributed by atoms with van der Waals surface area (Å²) in [7, 11) is 6.35. The minimum Gasteiger partial charge on any atom is -0.493 e. The van der Waals surface area contributed by atoms with Crippen LogP contribution in [0.4, 0.5) is 0 Å². The van der Waals surface area contributed by atoms with Gasteiger partial charge in [0.1, 0.15) is 13.2 Å². The Morgan fingerprint density at radius 1 is 0.455 bits per heavy atom. The summed E-state index contributed by atoms with van der Waals surface area (Å²) in [5, 5.41) is 6.45. The largest absolute Gasteiger partial charge is 0.493 e. The van der Waals surface area contributed by atoms with Crippen LogP contribution in [0.25, 0.3) is 0 Å². The molecule has 0 aromatic heterocycles. The average Bonchev–Trinajstić information content (AvgIpc) is 3.34. The van der Waals surface area contributed by atoms with Crippen molar-refractivity contribution in [2.75, 3.05) is 81.2 Å². The molecular weight excluding hydrogens is 853 g/mol. The number of carbonyl (C=O) groups excluding carboxylic acids is 2. The number of methoxy groups -OCH3 is 4. The molecule has 362 valence electrons. The molecule has 66 heavy (non-hydrogen) atoms. The van der Waals surface area contributed by atoms with E-state index < -0.39 is 24.4 Å². The monoisotopic (exact) mass is 920 g/mol. The molecule has 0 aliphatic heterocycles. The summed E-state index contributed by atoms with van der Waals surface area (Å²) in [6.45, 7) is 9.91. The number of benzene rings is 4. The van der Waals surface area contributed by atoms with Crippen molar-refractivity contribution in [1.29, 1.82) is 0 Å². The highest BCUT2D eigenvalue weighted by Gasteiger charge is 2.28. The van der Waals surface area contributed by atoms with E-state index in [1.54, 1.807) is 64.8 Å². The number of nitrogens with one attached hydrogen (secondary N) is 2. The Kier molecular flexibility index (Phi) is 23.6. The fraction of sp³-hybridized carbons (Fsp3) is 0.480. The lowest BCUT2D eigenvalue weighted by molar-refractivity contribution is -0.177. The topological polar surface area (TPSA) is 169 Å². The molecule has 0 aliphatic rings.